The number of ether oxygens (including phenoxy) is 3. The minimum Gasteiger partial charge on any atom is -0.493 e. The number of methoxy groups -OCH3 is 3. The number of amides is 1. The average Bonchev–Trinajstić information content (AvgIpc) is 2.78. The molecule has 1 amide bonds. The van der Waals surface area contributed by atoms with Crippen LogP contribution in [0.1, 0.15) is 42.2 Å². The van der Waals surface area contributed by atoms with Gasteiger partial charge in [-0.25, -0.2) is 0 Å². The Morgan fingerprint density at radius 1 is 0.935 bits per heavy atom. The molecular formula is C23H28N2O6. The Labute approximate surface area is 181 Å². The van der Waals surface area contributed by atoms with E-state index in [0.29, 0.717) is 22.7 Å². The van der Waals surface area contributed by atoms with Gasteiger partial charge in [-0.15, -0.1) is 0 Å². The lowest BCUT2D eigenvalue weighted by Crippen LogP contribution is -2.41. The number of esters is 1. The van der Waals surface area contributed by atoms with Crippen molar-refractivity contribution in [3.05, 3.63) is 53.6 Å². The highest BCUT2D eigenvalue weighted by Gasteiger charge is 2.23. The summed E-state index contributed by atoms with van der Waals surface area (Å²) in [5.74, 6) is 0.321. The number of nitrogens with one attached hydrogen (secondary N) is 2. The third-order valence-electron chi connectivity index (χ3n) is 4.81. The van der Waals surface area contributed by atoms with Gasteiger partial charge in [-0.2, -0.15) is 0 Å². The van der Waals surface area contributed by atoms with E-state index in [1.54, 1.807) is 49.4 Å². The summed E-state index contributed by atoms with van der Waals surface area (Å²) in [7, 11) is 4.38. The average molecular weight is 428 g/mol. The Morgan fingerprint density at radius 3 is 2.13 bits per heavy atom. The van der Waals surface area contributed by atoms with E-state index in [0.717, 1.165) is 5.56 Å². The van der Waals surface area contributed by atoms with Gasteiger partial charge in [0.15, 0.2) is 17.3 Å². The lowest BCUT2D eigenvalue weighted by Gasteiger charge is -2.23. The second kappa shape index (κ2) is 11.1. The Kier molecular flexibility index (Phi) is 8.57. The Morgan fingerprint density at radius 2 is 1.58 bits per heavy atom. The molecule has 8 nitrogen and oxygen atoms in total. The number of anilines is 1. The number of ketones is 1. The van der Waals surface area contributed by atoms with E-state index in [4.69, 9.17) is 14.2 Å². The summed E-state index contributed by atoms with van der Waals surface area (Å²) in [6, 6.07) is 10.8. The van der Waals surface area contributed by atoms with Crippen LogP contribution in [-0.4, -0.2) is 45.0 Å². The molecule has 0 bridgehead atoms. The Bertz CT molecular complexity index is 926. The molecular weight excluding hydrogens is 400 g/mol. The van der Waals surface area contributed by atoms with Crippen molar-refractivity contribution in [1.82, 2.24) is 5.32 Å². The van der Waals surface area contributed by atoms with Crippen LogP contribution in [0.5, 0.6) is 11.5 Å². The number of rotatable bonds is 10. The SMILES string of the molecule is COC(=O)C[C@H](N[C@H](C)C(=O)Nc1ccc(C(C)=O)cc1)c1ccc(OC)c(OC)c1. The van der Waals surface area contributed by atoms with Crippen molar-refractivity contribution in [1.29, 1.82) is 0 Å². The van der Waals surface area contributed by atoms with Crippen LogP contribution in [0.25, 0.3) is 0 Å². The molecule has 0 saturated heterocycles. The van der Waals surface area contributed by atoms with Crippen molar-refractivity contribution in [2.75, 3.05) is 26.6 Å². The van der Waals surface area contributed by atoms with E-state index < -0.39 is 18.1 Å². The van der Waals surface area contributed by atoms with Gasteiger partial charge in [0.05, 0.1) is 33.8 Å². The van der Waals surface area contributed by atoms with Gasteiger partial charge in [0.1, 0.15) is 0 Å². The predicted molar refractivity (Wildman–Crippen MR) is 117 cm³/mol. The minimum atomic E-state index is -0.629. The molecule has 2 aromatic rings. The summed E-state index contributed by atoms with van der Waals surface area (Å²) >= 11 is 0. The van der Waals surface area contributed by atoms with E-state index >= 15 is 0 Å². The van der Waals surface area contributed by atoms with Crippen molar-refractivity contribution in [2.24, 2.45) is 0 Å². The summed E-state index contributed by atoms with van der Waals surface area (Å²) in [5.41, 5.74) is 1.88. The van der Waals surface area contributed by atoms with Gasteiger partial charge in [-0.3, -0.25) is 19.7 Å². The van der Waals surface area contributed by atoms with Crippen LogP contribution in [-0.2, 0) is 14.3 Å². The predicted octanol–water partition coefficient (Wildman–Crippen LogP) is 3.13. The maximum atomic E-state index is 12.7. The second-order valence-electron chi connectivity index (χ2n) is 6.96. The molecule has 166 valence electrons. The first-order valence-corrected chi connectivity index (χ1v) is 9.75. The zero-order valence-corrected chi connectivity index (χ0v) is 18.4. The van der Waals surface area contributed by atoms with Crippen molar-refractivity contribution in [3.63, 3.8) is 0 Å². The number of carbonyl (C=O) groups is 3. The van der Waals surface area contributed by atoms with E-state index in [1.165, 1.54) is 28.3 Å². The lowest BCUT2D eigenvalue weighted by atomic mass is 10.0. The van der Waals surface area contributed by atoms with Gasteiger partial charge in [-0.1, -0.05) is 6.07 Å². The molecule has 2 atom stereocenters. The van der Waals surface area contributed by atoms with Gasteiger partial charge in [-0.05, 0) is 55.8 Å². The van der Waals surface area contributed by atoms with Gasteiger partial charge in [0, 0.05) is 17.3 Å². The summed E-state index contributed by atoms with van der Waals surface area (Å²) < 4.78 is 15.4. The third kappa shape index (κ3) is 6.55. The van der Waals surface area contributed by atoms with Gasteiger partial charge >= 0.3 is 5.97 Å². The molecule has 0 radical (unpaired) electrons. The maximum Gasteiger partial charge on any atom is 0.307 e. The largest absolute Gasteiger partial charge is 0.493 e. The van der Waals surface area contributed by atoms with Crippen LogP contribution in [0.3, 0.4) is 0 Å². The van der Waals surface area contributed by atoms with Crippen molar-refractivity contribution >= 4 is 23.3 Å². The van der Waals surface area contributed by atoms with Crippen LogP contribution in [0.15, 0.2) is 42.5 Å². The first-order valence-electron chi connectivity index (χ1n) is 9.75. The quantitative estimate of drug-likeness (QED) is 0.443. The topological polar surface area (TPSA) is 103 Å². The number of hydrogen-bond donors (Lipinski definition) is 2. The van der Waals surface area contributed by atoms with Gasteiger partial charge < -0.3 is 19.5 Å². The summed E-state index contributed by atoms with van der Waals surface area (Å²) in [6.07, 6.45) is 0.0247. The fourth-order valence-electron chi connectivity index (χ4n) is 3.01. The Balaban J connectivity index is 2.16. The van der Waals surface area contributed by atoms with Crippen molar-refractivity contribution < 1.29 is 28.6 Å². The normalized spacial score (nSPS) is 12.4. The number of hydrogen-bond acceptors (Lipinski definition) is 7. The number of carbonyl (C=O) groups excluding carboxylic acids is 3. The molecule has 0 aliphatic rings. The van der Waals surface area contributed by atoms with Gasteiger partial charge in [0.2, 0.25) is 5.91 Å². The molecule has 0 aliphatic carbocycles. The van der Waals surface area contributed by atoms with Crippen molar-refractivity contribution in [3.8, 4) is 11.5 Å². The maximum absolute atomic E-state index is 12.7. The molecule has 0 unspecified atom stereocenters. The smallest absolute Gasteiger partial charge is 0.307 e. The zero-order valence-electron chi connectivity index (χ0n) is 18.4. The van der Waals surface area contributed by atoms with Crippen LogP contribution < -0.4 is 20.1 Å². The monoisotopic (exact) mass is 428 g/mol. The van der Waals surface area contributed by atoms with Crippen LogP contribution in [0.4, 0.5) is 5.69 Å². The molecule has 8 heteroatoms. The van der Waals surface area contributed by atoms with Crippen molar-refractivity contribution in [2.45, 2.75) is 32.4 Å². The molecule has 2 rings (SSSR count). The molecule has 2 aromatic carbocycles. The first kappa shape index (κ1) is 23.9. The molecule has 0 spiro atoms. The fraction of sp³-hybridized carbons (Fsp3) is 0.348. The van der Waals surface area contributed by atoms with E-state index in [-0.39, 0.29) is 18.1 Å². The van der Waals surface area contributed by atoms with Crippen LogP contribution in [0.2, 0.25) is 0 Å². The lowest BCUT2D eigenvalue weighted by molar-refractivity contribution is -0.141. The highest BCUT2D eigenvalue weighted by molar-refractivity contribution is 5.97. The van der Waals surface area contributed by atoms with Crippen LogP contribution in [0, 0.1) is 0 Å². The Hall–Kier alpha value is -3.39. The summed E-state index contributed by atoms with van der Waals surface area (Å²) in [6.45, 7) is 3.18. The molecule has 0 saturated carbocycles. The van der Waals surface area contributed by atoms with E-state index in [1.807, 2.05) is 0 Å². The molecule has 0 fully saturated rings. The highest BCUT2D eigenvalue weighted by Crippen LogP contribution is 2.31. The number of benzene rings is 2. The standard InChI is InChI=1S/C23H28N2O6/c1-14(23(28)25-18-9-6-16(7-10-18)15(2)26)24-19(13-22(27)31-5)17-8-11-20(29-3)21(12-17)30-4/h6-12,14,19,24H,13H2,1-5H3,(H,25,28)/t14-,19+/m1/s1. The molecule has 0 aromatic heterocycles. The first-order chi connectivity index (χ1) is 14.8. The molecule has 0 heterocycles. The van der Waals surface area contributed by atoms with Gasteiger partial charge in [0.25, 0.3) is 0 Å². The summed E-state index contributed by atoms with van der Waals surface area (Å²) in [5, 5.41) is 5.97. The van der Waals surface area contributed by atoms with E-state index in [2.05, 4.69) is 10.6 Å². The third-order valence-corrected chi connectivity index (χ3v) is 4.81. The van der Waals surface area contributed by atoms with E-state index in [9.17, 15) is 14.4 Å². The minimum absolute atomic E-state index is 0.0247. The molecule has 31 heavy (non-hydrogen) atoms. The highest BCUT2D eigenvalue weighted by atomic mass is 16.5. The second-order valence-corrected chi connectivity index (χ2v) is 6.96. The summed E-state index contributed by atoms with van der Waals surface area (Å²) in [4.78, 5) is 36.0. The molecule has 0 aliphatic heterocycles. The molecule has 2 N–H and O–H groups in total. The van der Waals surface area contributed by atoms with Crippen LogP contribution >= 0.6 is 0 Å². The zero-order chi connectivity index (χ0) is 23.0. The fourth-order valence-corrected chi connectivity index (χ4v) is 3.01. The number of Topliss-reactive ketones (excluding diaryl/α,β-unsaturated/α-hetero) is 1.